The lowest BCUT2D eigenvalue weighted by Gasteiger charge is -2.11. The third-order valence-electron chi connectivity index (χ3n) is 2.18. The minimum atomic E-state index is -1.26. The van der Waals surface area contributed by atoms with Crippen molar-refractivity contribution in [2.75, 3.05) is 0 Å². The molecule has 1 rings (SSSR count). The number of hydrogen-bond donors (Lipinski definition) is 3. The molecule has 0 saturated carbocycles. The van der Waals surface area contributed by atoms with E-state index in [0.29, 0.717) is 6.07 Å². The van der Waals surface area contributed by atoms with Crippen molar-refractivity contribution in [3.05, 3.63) is 35.1 Å². The Bertz CT molecular complexity index is 426. The Balaban J connectivity index is 2.74. The molecule has 1 amide bonds. The zero-order chi connectivity index (χ0) is 13.0. The van der Waals surface area contributed by atoms with Gasteiger partial charge in [0.1, 0.15) is 5.82 Å². The third-order valence-corrected chi connectivity index (χ3v) is 2.18. The first-order valence-electron chi connectivity index (χ1n) is 4.82. The van der Waals surface area contributed by atoms with Gasteiger partial charge in [-0.3, -0.25) is 10.2 Å². The van der Waals surface area contributed by atoms with E-state index in [4.69, 9.17) is 11.6 Å². The third kappa shape index (κ3) is 3.72. The van der Waals surface area contributed by atoms with E-state index in [2.05, 4.69) is 0 Å². The summed E-state index contributed by atoms with van der Waals surface area (Å²) in [5.41, 5.74) is 7.33. The fraction of sp³-hybridized carbons (Fsp3) is 0.300. The van der Waals surface area contributed by atoms with Crippen LogP contribution in [0.5, 0.6) is 0 Å². The Morgan fingerprint density at radius 1 is 1.24 bits per heavy atom. The molecule has 1 atom stereocenters. The summed E-state index contributed by atoms with van der Waals surface area (Å²) in [4.78, 5) is 10.9. The number of benzene rings is 1. The van der Waals surface area contributed by atoms with Gasteiger partial charge in [-0.15, -0.1) is 0 Å². The molecule has 5 N–H and O–H groups in total. The quantitative estimate of drug-likeness (QED) is 0.311. The van der Waals surface area contributed by atoms with Crippen molar-refractivity contribution >= 4 is 5.91 Å². The molecule has 0 aliphatic heterocycles. The minimum absolute atomic E-state index is 0.0822. The lowest BCUT2D eigenvalue weighted by Crippen LogP contribution is -2.36. The topological polar surface area (TPSA) is 81.1 Å². The zero-order valence-electron chi connectivity index (χ0n) is 8.84. The second kappa shape index (κ2) is 5.65. The fourth-order valence-corrected chi connectivity index (χ4v) is 1.37. The number of nitrogens with one attached hydrogen (secondary N) is 1. The number of halogens is 3. The summed E-state index contributed by atoms with van der Waals surface area (Å²) in [5, 5.41) is 0. The van der Waals surface area contributed by atoms with Crippen molar-refractivity contribution in [2.45, 2.75) is 18.9 Å². The number of carbonyl (C=O) groups is 1. The second-order valence-corrected chi connectivity index (χ2v) is 3.59. The molecule has 1 aromatic carbocycles. The first-order chi connectivity index (χ1) is 7.93. The van der Waals surface area contributed by atoms with E-state index in [1.54, 1.807) is 0 Å². The predicted octanol–water partition coefficient (Wildman–Crippen LogP) is 0.354. The maximum Gasteiger partial charge on any atom is 0.235 e. The van der Waals surface area contributed by atoms with Crippen LogP contribution in [0.1, 0.15) is 12.0 Å². The van der Waals surface area contributed by atoms with E-state index in [-0.39, 0.29) is 18.4 Å². The van der Waals surface area contributed by atoms with Gasteiger partial charge in [0.05, 0.1) is 0 Å². The SMILES string of the molecule is NNC(=O)C[C@H](N)Cc1cc(F)c(F)cc1F. The monoisotopic (exact) mass is 247 g/mol. The highest BCUT2D eigenvalue weighted by Crippen LogP contribution is 2.15. The highest BCUT2D eigenvalue weighted by Gasteiger charge is 2.14. The van der Waals surface area contributed by atoms with Gasteiger partial charge in [0.2, 0.25) is 5.91 Å². The highest BCUT2D eigenvalue weighted by atomic mass is 19.2. The molecule has 4 nitrogen and oxygen atoms in total. The van der Waals surface area contributed by atoms with Gasteiger partial charge in [-0.1, -0.05) is 0 Å². The van der Waals surface area contributed by atoms with E-state index in [1.807, 2.05) is 5.43 Å². The van der Waals surface area contributed by atoms with Crippen LogP contribution in [0.25, 0.3) is 0 Å². The van der Waals surface area contributed by atoms with E-state index in [9.17, 15) is 18.0 Å². The Morgan fingerprint density at radius 3 is 2.41 bits per heavy atom. The number of nitrogens with two attached hydrogens (primary N) is 2. The van der Waals surface area contributed by atoms with E-state index in [1.165, 1.54) is 0 Å². The van der Waals surface area contributed by atoms with E-state index in [0.717, 1.165) is 6.07 Å². The number of rotatable bonds is 4. The number of hydrogen-bond acceptors (Lipinski definition) is 3. The van der Waals surface area contributed by atoms with Crippen molar-refractivity contribution in [1.29, 1.82) is 0 Å². The molecule has 0 bridgehead atoms. The first kappa shape index (κ1) is 13.5. The normalized spacial score (nSPS) is 12.3. The molecule has 0 heterocycles. The summed E-state index contributed by atoms with van der Waals surface area (Å²) < 4.78 is 38.7. The summed E-state index contributed by atoms with van der Waals surface area (Å²) in [6.45, 7) is 0. The second-order valence-electron chi connectivity index (χ2n) is 3.59. The first-order valence-corrected chi connectivity index (χ1v) is 4.82. The molecule has 0 fully saturated rings. The van der Waals surface area contributed by atoms with Gasteiger partial charge in [0.15, 0.2) is 11.6 Å². The van der Waals surface area contributed by atoms with Crippen molar-refractivity contribution in [2.24, 2.45) is 11.6 Å². The zero-order valence-corrected chi connectivity index (χ0v) is 8.84. The summed E-state index contributed by atoms with van der Waals surface area (Å²) >= 11 is 0. The highest BCUT2D eigenvalue weighted by molar-refractivity contribution is 5.75. The molecule has 0 unspecified atom stereocenters. The molecule has 0 aliphatic rings. The Labute approximate surface area is 95.7 Å². The van der Waals surface area contributed by atoms with Gasteiger partial charge in [-0.2, -0.15) is 0 Å². The van der Waals surface area contributed by atoms with E-state index < -0.39 is 29.4 Å². The van der Waals surface area contributed by atoms with Crippen LogP contribution in [0.2, 0.25) is 0 Å². The van der Waals surface area contributed by atoms with Gasteiger partial charge >= 0.3 is 0 Å². The van der Waals surface area contributed by atoms with Crippen LogP contribution in [-0.4, -0.2) is 11.9 Å². The van der Waals surface area contributed by atoms with Crippen molar-refractivity contribution in [3.8, 4) is 0 Å². The largest absolute Gasteiger partial charge is 0.327 e. The lowest BCUT2D eigenvalue weighted by molar-refractivity contribution is -0.121. The lowest BCUT2D eigenvalue weighted by atomic mass is 10.0. The Morgan fingerprint density at radius 2 is 1.82 bits per heavy atom. The van der Waals surface area contributed by atoms with Crippen LogP contribution < -0.4 is 17.0 Å². The predicted molar refractivity (Wildman–Crippen MR) is 54.9 cm³/mol. The van der Waals surface area contributed by atoms with Crippen LogP contribution in [0, 0.1) is 17.5 Å². The van der Waals surface area contributed by atoms with Crippen molar-refractivity contribution in [1.82, 2.24) is 5.43 Å². The van der Waals surface area contributed by atoms with Crippen LogP contribution in [0.4, 0.5) is 13.2 Å². The van der Waals surface area contributed by atoms with Crippen LogP contribution in [0.3, 0.4) is 0 Å². The molecule has 0 radical (unpaired) electrons. The number of carbonyl (C=O) groups excluding carboxylic acids is 1. The molecule has 0 spiro atoms. The standard InChI is InChI=1S/C10H12F3N3O/c11-7-4-9(13)8(12)2-5(7)1-6(14)3-10(17)16-15/h2,4,6H,1,3,14-15H2,(H,16,17)/t6-/m1/s1. The van der Waals surface area contributed by atoms with Crippen molar-refractivity contribution < 1.29 is 18.0 Å². The molecule has 1 aromatic rings. The number of amides is 1. The molecule has 0 aromatic heterocycles. The molecular weight excluding hydrogens is 235 g/mol. The average Bonchev–Trinajstić information content (AvgIpc) is 2.25. The molecular formula is C10H12F3N3O. The molecule has 94 valence electrons. The Hall–Kier alpha value is -1.60. The summed E-state index contributed by atoms with van der Waals surface area (Å²) in [5.74, 6) is 1.02. The molecule has 0 aliphatic carbocycles. The maximum absolute atomic E-state index is 13.2. The Kier molecular flexibility index (Phi) is 4.47. The molecule has 0 saturated heterocycles. The van der Waals surface area contributed by atoms with Crippen LogP contribution in [0.15, 0.2) is 12.1 Å². The fourth-order valence-electron chi connectivity index (χ4n) is 1.37. The van der Waals surface area contributed by atoms with Gasteiger partial charge in [-0.05, 0) is 18.1 Å². The van der Waals surface area contributed by atoms with Crippen molar-refractivity contribution in [3.63, 3.8) is 0 Å². The van der Waals surface area contributed by atoms with Crippen LogP contribution in [-0.2, 0) is 11.2 Å². The summed E-state index contributed by atoms with van der Waals surface area (Å²) in [7, 11) is 0. The van der Waals surface area contributed by atoms with E-state index >= 15 is 0 Å². The van der Waals surface area contributed by atoms with Gasteiger partial charge in [0, 0.05) is 18.5 Å². The van der Waals surface area contributed by atoms with Gasteiger partial charge in [-0.25, -0.2) is 19.0 Å². The van der Waals surface area contributed by atoms with Gasteiger partial charge < -0.3 is 5.73 Å². The molecule has 17 heavy (non-hydrogen) atoms. The average molecular weight is 247 g/mol. The summed E-state index contributed by atoms with van der Waals surface area (Å²) in [6.07, 6.45) is -0.217. The van der Waals surface area contributed by atoms with Crippen LogP contribution >= 0.6 is 0 Å². The number of hydrazine groups is 1. The summed E-state index contributed by atoms with van der Waals surface area (Å²) in [6, 6.07) is 0.448. The maximum atomic E-state index is 13.2. The van der Waals surface area contributed by atoms with Gasteiger partial charge in [0.25, 0.3) is 0 Å². The smallest absolute Gasteiger partial charge is 0.235 e. The molecule has 7 heteroatoms. The minimum Gasteiger partial charge on any atom is -0.327 e.